The van der Waals surface area contributed by atoms with Gasteiger partial charge in [0.2, 0.25) is 15.9 Å². The van der Waals surface area contributed by atoms with Gasteiger partial charge in [-0.05, 0) is 30.7 Å². The molecule has 1 rings (SSSR count). The van der Waals surface area contributed by atoms with Gasteiger partial charge in [0.05, 0.1) is 12.3 Å². The quantitative estimate of drug-likeness (QED) is 0.792. The topological polar surface area (TPSA) is 75.3 Å². The molecule has 0 aliphatic rings. The highest BCUT2D eigenvalue weighted by Crippen LogP contribution is 2.13. The number of benzene rings is 1. The predicted molar refractivity (Wildman–Crippen MR) is 79.5 cm³/mol. The molecule has 7 heteroatoms. The first-order valence-corrected chi connectivity index (χ1v) is 8.40. The Hall–Kier alpha value is -0.920. The van der Waals surface area contributed by atoms with Gasteiger partial charge in [-0.25, -0.2) is 13.1 Å². The minimum atomic E-state index is -3.36. The van der Waals surface area contributed by atoms with Crippen LogP contribution >= 0.6 is 15.9 Å². The Balaban J connectivity index is 2.41. The van der Waals surface area contributed by atoms with Crippen LogP contribution in [0.15, 0.2) is 28.7 Å². The van der Waals surface area contributed by atoms with Crippen molar-refractivity contribution in [3.63, 3.8) is 0 Å². The fourth-order valence-corrected chi connectivity index (χ4v) is 2.75. The van der Waals surface area contributed by atoms with Crippen LogP contribution in [0.3, 0.4) is 0 Å². The maximum atomic E-state index is 11.6. The number of amides is 1. The summed E-state index contributed by atoms with van der Waals surface area (Å²) >= 11 is 3.29. The van der Waals surface area contributed by atoms with Crippen LogP contribution < -0.4 is 10.0 Å². The first-order chi connectivity index (χ1) is 8.93. The number of anilines is 1. The van der Waals surface area contributed by atoms with Gasteiger partial charge in [-0.15, -0.1) is 0 Å². The maximum Gasteiger partial charge on any atom is 0.239 e. The largest absolute Gasteiger partial charge is 0.325 e. The summed E-state index contributed by atoms with van der Waals surface area (Å²) in [6.45, 7) is 1.66. The zero-order chi connectivity index (χ0) is 14.3. The second kappa shape index (κ2) is 7.62. The molecule has 0 radical (unpaired) electrons. The summed E-state index contributed by atoms with van der Waals surface area (Å²) < 4.78 is 26.2. The first-order valence-electron chi connectivity index (χ1n) is 5.95. The SMILES string of the molecule is CCCCS(=O)(=O)NCC(=O)Nc1ccc(Br)cc1. The molecule has 0 spiro atoms. The third-order valence-electron chi connectivity index (χ3n) is 2.35. The number of carbonyl (C=O) groups excluding carboxylic acids is 1. The number of halogens is 1. The molecule has 1 amide bonds. The van der Waals surface area contributed by atoms with E-state index >= 15 is 0 Å². The molecule has 106 valence electrons. The van der Waals surface area contributed by atoms with Crippen LogP contribution in [0, 0.1) is 0 Å². The van der Waals surface area contributed by atoms with Crippen LogP contribution in [0.1, 0.15) is 19.8 Å². The Morgan fingerprint density at radius 3 is 2.47 bits per heavy atom. The average Bonchev–Trinajstić information content (AvgIpc) is 2.37. The van der Waals surface area contributed by atoms with Crippen LogP contribution in [0.25, 0.3) is 0 Å². The van der Waals surface area contributed by atoms with Gasteiger partial charge in [0.1, 0.15) is 0 Å². The predicted octanol–water partition coefficient (Wildman–Crippen LogP) is 2.11. The van der Waals surface area contributed by atoms with Gasteiger partial charge in [0.25, 0.3) is 0 Å². The van der Waals surface area contributed by atoms with E-state index in [0.717, 1.165) is 10.9 Å². The van der Waals surface area contributed by atoms with Crippen LogP contribution in [-0.2, 0) is 14.8 Å². The third-order valence-corrected chi connectivity index (χ3v) is 4.29. The minimum Gasteiger partial charge on any atom is -0.325 e. The number of sulfonamides is 1. The molecule has 0 aliphatic carbocycles. The van der Waals surface area contributed by atoms with Crippen molar-refractivity contribution in [1.29, 1.82) is 0 Å². The van der Waals surface area contributed by atoms with Gasteiger partial charge >= 0.3 is 0 Å². The van der Waals surface area contributed by atoms with E-state index in [-0.39, 0.29) is 18.2 Å². The van der Waals surface area contributed by atoms with E-state index in [1.54, 1.807) is 24.3 Å². The highest BCUT2D eigenvalue weighted by Gasteiger charge is 2.11. The summed E-state index contributed by atoms with van der Waals surface area (Å²) in [5, 5.41) is 2.61. The number of nitrogens with one attached hydrogen (secondary N) is 2. The monoisotopic (exact) mass is 348 g/mol. The van der Waals surface area contributed by atoms with Gasteiger partial charge < -0.3 is 5.32 Å². The number of rotatable bonds is 7. The number of unbranched alkanes of at least 4 members (excludes halogenated alkanes) is 1. The fourth-order valence-electron chi connectivity index (χ4n) is 1.32. The molecule has 1 aromatic carbocycles. The van der Waals surface area contributed by atoms with Crippen molar-refractivity contribution < 1.29 is 13.2 Å². The van der Waals surface area contributed by atoms with E-state index in [9.17, 15) is 13.2 Å². The first kappa shape index (κ1) is 16.1. The fraction of sp³-hybridized carbons (Fsp3) is 0.417. The second-order valence-electron chi connectivity index (χ2n) is 4.05. The van der Waals surface area contributed by atoms with Crippen molar-refractivity contribution in [3.05, 3.63) is 28.7 Å². The standard InChI is InChI=1S/C12H17BrN2O3S/c1-2-3-8-19(17,18)14-9-12(16)15-11-6-4-10(13)5-7-11/h4-7,14H,2-3,8-9H2,1H3,(H,15,16). The van der Waals surface area contributed by atoms with Crippen molar-refractivity contribution in [3.8, 4) is 0 Å². The zero-order valence-corrected chi connectivity index (χ0v) is 13.1. The van der Waals surface area contributed by atoms with Crippen molar-refractivity contribution in [1.82, 2.24) is 4.72 Å². The minimum absolute atomic E-state index is 0.0507. The number of hydrogen-bond acceptors (Lipinski definition) is 3. The van der Waals surface area contributed by atoms with Crippen LogP contribution in [0.5, 0.6) is 0 Å². The molecule has 0 aromatic heterocycles. The summed E-state index contributed by atoms with van der Waals surface area (Å²) in [5.74, 6) is -0.336. The Bertz CT molecular complexity index is 514. The van der Waals surface area contributed by atoms with Gasteiger partial charge in [-0.2, -0.15) is 0 Å². The second-order valence-corrected chi connectivity index (χ2v) is 6.89. The van der Waals surface area contributed by atoms with Gasteiger partial charge in [0, 0.05) is 10.2 Å². The highest BCUT2D eigenvalue weighted by molar-refractivity contribution is 9.10. The molecule has 0 atom stereocenters. The van der Waals surface area contributed by atoms with Crippen molar-refractivity contribution >= 4 is 37.5 Å². The number of carbonyl (C=O) groups is 1. The van der Waals surface area contributed by atoms with E-state index in [1.807, 2.05) is 6.92 Å². The molecular weight excluding hydrogens is 332 g/mol. The summed E-state index contributed by atoms with van der Waals surface area (Å²) in [6.07, 6.45) is 1.38. The normalized spacial score (nSPS) is 11.3. The van der Waals surface area contributed by atoms with Crippen molar-refractivity contribution in [2.75, 3.05) is 17.6 Å². The Morgan fingerprint density at radius 1 is 1.26 bits per heavy atom. The zero-order valence-electron chi connectivity index (χ0n) is 10.6. The summed E-state index contributed by atoms with van der Waals surface area (Å²) in [4.78, 5) is 11.6. The van der Waals surface area contributed by atoms with Gasteiger partial charge in [-0.3, -0.25) is 4.79 Å². The smallest absolute Gasteiger partial charge is 0.239 e. The molecule has 5 nitrogen and oxygen atoms in total. The molecule has 0 aliphatic heterocycles. The molecule has 19 heavy (non-hydrogen) atoms. The molecule has 0 saturated heterocycles. The summed E-state index contributed by atoms with van der Waals surface area (Å²) in [6, 6.07) is 7.04. The van der Waals surface area contributed by atoms with Crippen LogP contribution in [0.4, 0.5) is 5.69 Å². The lowest BCUT2D eigenvalue weighted by Gasteiger charge is -2.07. The van der Waals surface area contributed by atoms with Gasteiger partial charge in [0.15, 0.2) is 0 Å². The third kappa shape index (κ3) is 6.70. The van der Waals surface area contributed by atoms with Crippen molar-refractivity contribution in [2.24, 2.45) is 0 Å². The Kier molecular flexibility index (Phi) is 6.47. The van der Waals surface area contributed by atoms with E-state index in [1.165, 1.54) is 0 Å². The Morgan fingerprint density at radius 2 is 1.89 bits per heavy atom. The van der Waals surface area contributed by atoms with E-state index < -0.39 is 10.0 Å². The Labute approximate surface area is 122 Å². The van der Waals surface area contributed by atoms with Crippen LogP contribution in [-0.4, -0.2) is 26.6 Å². The lowest BCUT2D eigenvalue weighted by atomic mass is 10.3. The van der Waals surface area contributed by atoms with E-state index in [4.69, 9.17) is 0 Å². The van der Waals surface area contributed by atoms with E-state index in [2.05, 4.69) is 26.0 Å². The molecule has 2 N–H and O–H groups in total. The van der Waals surface area contributed by atoms with Crippen molar-refractivity contribution in [2.45, 2.75) is 19.8 Å². The molecule has 0 heterocycles. The van der Waals surface area contributed by atoms with Gasteiger partial charge in [-0.1, -0.05) is 29.3 Å². The molecule has 1 aromatic rings. The highest BCUT2D eigenvalue weighted by atomic mass is 79.9. The summed E-state index contributed by atoms with van der Waals surface area (Å²) in [5.41, 5.74) is 0.626. The maximum absolute atomic E-state index is 11.6. The molecule has 0 fully saturated rings. The lowest BCUT2D eigenvalue weighted by molar-refractivity contribution is -0.115. The average molecular weight is 349 g/mol. The molecular formula is C12H17BrN2O3S. The lowest BCUT2D eigenvalue weighted by Crippen LogP contribution is -2.34. The molecule has 0 unspecified atom stereocenters. The van der Waals surface area contributed by atoms with E-state index in [0.29, 0.717) is 12.1 Å². The molecule has 0 saturated carbocycles. The summed E-state index contributed by atoms with van der Waals surface area (Å²) in [7, 11) is -3.36. The van der Waals surface area contributed by atoms with Crippen LogP contribution in [0.2, 0.25) is 0 Å². The number of hydrogen-bond donors (Lipinski definition) is 2. The molecule has 0 bridgehead atoms.